The van der Waals surface area contributed by atoms with Gasteiger partial charge in [0.2, 0.25) is 0 Å². The fourth-order valence-electron chi connectivity index (χ4n) is 1.32. The van der Waals surface area contributed by atoms with E-state index in [-0.39, 0.29) is 10.6 Å². The summed E-state index contributed by atoms with van der Waals surface area (Å²) in [5.41, 5.74) is 0.921. The molecule has 1 aromatic rings. The second-order valence-corrected chi connectivity index (χ2v) is 3.71. The Labute approximate surface area is 97.5 Å². The zero-order valence-corrected chi connectivity index (χ0v) is 9.15. The van der Waals surface area contributed by atoms with Crippen LogP contribution in [0.25, 0.3) is 0 Å². The minimum absolute atomic E-state index is 0.151. The van der Waals surface area contributed by atoms with Crippen LogP contribution in [0.3, 0.4) is 0 Å². The summed E-state index contributed by atoms with van der Waals surface area (Å²) in [5, 5.41) is 18.2. The molecule has 4 nitrogen and oxygen atoms in total. The molecule has 1 atom stereocenters. The minimum atomic E-state index is -1.64. The number of carboxylic acids is 1. The van der Waals surface area contributed by atoms with Crippen molar-refractivity contribution >= 4 is 23.9 Å². The third-order valence-corrected chi connectivity index (χ3v) is 2.48. The Bertz CT molecular complexity index is 403. The average molecular weight is 243 g/mol. The lowest BCUT2D eigenvalue weighted by Crippen LogP contribution is -2.11. The molecule has 0 bridgehead atoms. The van der Waals surface area contributed by atoms with E-state index in [1.807, 2.05) is 0 Å². The summed E-state index contributed by atoms with van der Waals surface area (Å²) in [6.07, 6.45) is -0.00438. The van der Waals surface area contributed by atoms with Crippen LogP contribution in [0.1, 0.15) is 23.7 Å². The largest absolute Gasteiger partial charge is 0.479 e. The molecule has 0 aromatic heterocycles. The molecule has 0 radical (unpaired) electrons. The van der Waals surface area contributed by atoms with E-state index in [4.69, 9.17) is 16.7 Å². The highest BCUT2D eigenvalue weighted by Crippen LogP contribution is 2.24. The monoisotopic (exact) mass is 242 g/mol. The van der Waals surface area contributed by atoms with Crippen LogP contribution in [0.5, 0.6) is 0 Å². The molecule has 0 saturated heterocycles. The first-order chi connectivity index (χ1) is 7.56. The Morgan fingerprint density at radius 2 is 2.19 bits per heavy atom. The van der Waals surface area contributed by atoms with E-state index >= 15 is 0 Å². The lowest BCUT2D eigenvalue weighted by atomic mass is 10.0. The number of carbonyl (C=O) groups is 2. The van der Waals surface area contributed by atoms with Crippen LogP contribution in [0, 0.1) is 0 Å². The summed E-state index contributed by atoms with van der Waals surface area (Å²) in [6, 6.07) is 4.72. The average Bonchev–Trinajstić information content (AvgIpc) is 2.27. The number of rotatable bonds is 5. The van der Waals surface area contributed by atoms with Gasteiger partial charge in [-0.15, -0.1) is 0 Å². The maximum atomic E-state index is 10.6. The van der Waals surface area contributed by atoms with Crippen molar-refractivity contribution in [1.82, 2.24) is 0 Å². The smallest absolute Gasteiger partial charge is 0.337 e. The number of aliphatic carboxylic acids is 1. The number of aryl methyl sites for hydroxylation is 1. The molecule has 16 heavy (non-hydrogen) atoms. The van der Waals surface area contributed by atoms with Gasteiger partial charge in [0.1, 0.15) is 6.29 Å². The zero-order chi connectivity index (χ0) is 12.1. The molecule has 86 valence electrons. The lowest BCUT2D eigenvalue weighted by Gasteiger charge is -2.09. The van der Waals surface area contributed by atoms with E-state index < -0.39 is 12.1 Å². The van der Waals surface area contributed by atoms with Crippen LogP contribution in [0.2, 0.25) is 5.02 Å². The predicted molar refractivity (Wildman–Crippen MR) is 58.4 cm³/mol. The number of halogens is 1. The van der Waals surface area contributed by atoms with Crippen molar-refractivity contribution in [1.29, 1.82) is 0 Å². The molecule has 1 unspecified atom stereocenters. The third kappa shape index (κ3) is 3.05. The van der Waals surface area contributed by atoms with Crippen molar-refractivity contribution in [3.05, 3.63) is 34.3 Å². The van der Waals surface area contributed by atoms with Crippen LogP contribution < -0.4 is 0 Å². The van der Waals surface area contributed by atoms with E-state index in [0.29, 0.717) is 12.8 Å². The first kappa shape index (κ1) is 12.7. The second kappa shape index (κ2) is 5.63. The summed E-state index contributed by atoms with van der Waals surface area (Å²) in [7, 11) is 0. The normalized spacial score (nSPS) is 12.1. The number of benzene rings is 1. The van der Waals surface area contributed by atoms with Crippen molar-refractivity contribution in [2.24, 2.45) is 0 Å². The molecule has 1 aromatic carbocycles. The van der Waals surface area contributed by atoms with Gasteiger partial charge in [-0.1, -0.05) is 23.7 Å². The molecule has 0 fully saturated rings. The van der Waals surface area contributed by atoms with Gasteiger partial charge in [0.25, 0.3) is 0 Å². The number of aldehydes is 1. The quantitative estimate of drug-likeness (QED) is 0.769. The molecule has 0 aliphatic rings. The molecule has 2 N–H and O–H groups in total. The fraction of sp³-hybridized carbons (Fsp3) is 0.273. The van der Waals surface area contributed by atoms with Gasteiger partial charge in [-0.25, -0.2) is 4.79 Å². The Hall–Kier alpha value is -1.39. The molecule has 0 heterocycles. The van der Waals surface area contributed by atoms with Gasteiger partial charge in [0.05, 0.1) is 0 Å². The number of aliphatic hydroxyl groups is 1. The number of carboxylic acid groups (broad SMARTS) is 1. The van der Waals surface area contributed by atoms with Gasteiger partial charge in [0, 0.05) is 17.0 Å². The van der Waals surface area contributed by atoms with Crippen molar-refractivity contribution in [2.45, 2.75) is 18.9 Å². The number of aliphatic hydroxyl groups excluding tert-OH is 1. The van der Waals surface area contributed by atoms with E-state index in [1.54, 1.807) is 6.07 Å². The molecule has 0 amide bonds. The van der Waals surface area contributed by atoms with Gasteiger partial charge in [-0.2, -0.15) is 0 Å². The maximum Gasteiger partial charge on any atom is 0.337 e. The third-order valence-electron chi connectivity index (χ3n) is 2.14. The van der Waals surface area contributed by atoms with Crippen molar-refractivity contribution in [2.75, 3.05) is 0 Å². The lowest BCUT2D eigenvalue weighted by molar-refractivity contribution is -0.146. The summed E-state index contributed by atoms with van der Waals surface area (Å²) >= 11 is 5.78. The van der Waals surface area contributed by atoms with Crippen LogP contribution in [0.15, 0.2) is 18.2 Å². The molecule has 0 saturated carbocycles. The Kier molecular flexibility index (Phi) is 4.46. The first-order valence-electron chi connectivity index (χ1n) is 4.69. The maximum absolute atomic E-state index is 10.6. The van der Waals surface area contributed by atoms with Crippen molar-refractivity contribution < 1.29 is 19.8 Å². The molecule has 0 aliphatic carbocycles. The van der Waals surface area contributed by atoms with E-state index in [0.717, 1.165) is 11.8 Å². The molecule has 1 rings (SSSR count). The van der Waals surface area contributed by atoms with Crippen LogP contribution in [0.4, 0.5) is 0 Å². The summed E-state index contributed by atoms with van der Waals surface area (Å²) in [5.74, 6) is -1.35. The van der Waals surface area contributed by atoms with E-state index in [9.17, 15) is 14.7 Å². The predicted octanol–water partition coefficient (Wildman–Crippen LogP) is 1.59. The minimum Gasteiger partial charge on any atom is -0.479 e. The van der Waals surface area contributed by atoms with Gasteiger partial charge >= 0.3 is 5.97 Å². The Morgan fingerprint density at radius 3 is 2.75 bits per heavy atom. The van der Waals surface area contributed by atoms with Crippen LogP contribution in [-0.4, -0.2) is 22.5 Å². The number of hydrogen-bond acceptors (Lipinski definition) is 3. The van der Waals surface area contributed by atoms with Gasteiger partial charge < -0.3 is 15.0 Å². The standard InChI is InChI=1S/C11H11ClO4/c12-9-4-3-7(2-1-5-13)6-8(9)10(14)11(15)16/h3-6,10,14H,1-2H2,(H,15,16). The molecule has 5 heteroatoms. The Balaban J connectivity index is 2.98. The van der Waals surface area contributed by atoms with Gasteiger partial charge in [-0.05, 0) is 18.1 Å². The highest BCUT2D eigenvalue weighted by molar-refractivity contribution is 6.31. The number of carbonyl (C=O) groups excluding carboxylic acids is 1. The first-order valence-corrected chi connectivity index (χ1v) is 5.07. The number of hydrogen-bond donors (Lipinski definition) is 2. The topological polar surface area (TPSA) is 74.6 Å². The molecular weight excluding hydrogens is 232 g/mol. The highest BCUT2D eigenvalue weighted by atomic mass is 35.5. The summed E-state index contributed by atoms with van der Waals surface area (Å²) in [6.45, 7) is 0. The SMILES string of the molecule is O=CCCc1ccc(Cl)c(C(O)C(=O)O)c1. The summed E-state index contributed by atoms with van der Waals surface area (Å²) in [4.78, 5) is 20.8. The van der Waals surface area contributed by atoms with E-state index in [1.165, 1.54) is 12.1 Å². The van der Waals surface area contributed by atoms with Gasteiger partial charge in [0.15, 0.2) is 6.10 Å². The summed E-state index contributed by atoms with van der Waals surface area (Å²) < 4.78 is 0. The second-order valence-electron chi connectivity index (χ2n) is 3.30. The fourth-order valence-corrected chi connectivity index (χ4v) is 1.54. The van der Waals surface area contributed by atoms with Crippen LogP contribution in [-0.2, 0) is 16.0 Å². The molecular formula is C11H11ClO4. The van der Waals surface area contributed by atoms with Gasteiger partial charge in [-0.3, -0.25) is 0 Å². The van der Waals surface area contributed by atoms with E-state index in [2.05, 4.69) is 0 Å². The van der Waals surface area contributed by atoms with Crippen LogP contribution >= 0.6 is 11.6 Å². The molecule has 0 spiro atoms. The highest BCUT2D eigenvalue weighted by Gasteiger charge is 2.19. The molecule has 0 aliphatic heterocycles. The van der Waals surface area contributed by atoms with Crippen molar-refractivity contribution in [3.63, 3.8) is 0 Å². The zero-order valence-electron chi connectivity index (χ0n) is 8.39. The van der Waals surface area contributed by atoms with Crippen molar-refractivity contribution in [3.8, 4) is 0 Å². The Morgan fingerprint density at radius 1 is 1.50 bits per heavy atom.